The highest BCUT2D eigenvalue weighted by molar-refractivity contribution is 4.78. The zero-order valence-corrected chi connectivity index (χ0v) is 14.5. The third-order valence-electron chi connectivity index (χ3n) is 4.99. The molecule has 1 saturated heterocycles. The van der Waals surface area contributed by atoms with Gasteiger partial charge >= 0.3 is 0 Å². The molecule has 1 heterocycles. The highest BCUT2D eigenvalue weighted by Crippen LogP contribution is 2.24. The van der Waals surface area contributed by atoms with Gasteiger partial charge in [0.05, 0.1) is 0 Å². The Bertz CT molecular complexity index is 214. The Morgan fingerprint density at radius 3 is 2.15 bits per heavy atom. The molecule has 1 aliphatic rings. The molecule has 20 heavy (non-hydrogen) atoms. The summed E-state index contributed by atoms with van der Waals surface area (Å²) in [5.74, 6) is 0.928. The van der Waals surface area contributed by atoms with E-state index in [-0.39, 0.29) is 0 Å². The fourth-order valence-electron chi connectivity index (χ4n) is 3.68. The van der Waals surface area contributed by atoms with Crippen LogP contribution in [-0.2, 0) is 0 Å². The highest BCUT2D eigenvalue weighted by atomic mass is 15.2. The molecule has 0 aromatic carbocycles. The molecule has 0 aliphatic carbocycles. The average Bonchev–Trinajstić information content (AvgIpc) is 2.45. The fraction of sp³-hybridized carbons (Fsp3) is 1.00. The molecule has 1 aliphatic heterocycles. The van der Waals surface area contributed by atoms with Crippen LogP contribution in [0, 0.1) is 5.92 Å². The molecule has 0 bridgehead atoms. The summed E-state index contributed by atoms with van der Waals surface area (Å²) in [7, 11) is 0. The van der Waals surface area contributed by atoms with Gasteiger partial charge in [-0.25, -0.2) is 0 Å². The summed E-state index contributed by atoms with van der Waals surface area (Å²) >= 11 is 0. The SMILES string of the molecule is CCCCCCCC(CCCCC)N1CCCC(C)C1. The Morgan fingerprint density at radius 1 is 0.900 bits per heavy atom. The molecule has 1 heteroatoms. The molecule has 0 saturated carbocycles. The van der Waals surface area contributed by atoms with Gasteiger partial charge in [0, 0.05) is 12.6 Å². The first-order chi connectivity index (χ1) is 9.77. The van der Waals surface area contributed by atoms with Gasteiger partial charge in [-0.15, -0.1) is 0 Å². The Balaban J connectivity index is 2.30. The number of hydrogen-bond donors (Lipinski definition) is 0. The van der Waals surface area contributed by atoms with E-state index in [9.17, 15) is 0 Å². The minimum absolute atomic E-state index is 0.894. The third-order valence-corrected chi connectivity index (χ3v) is 4.99. The third kappa shape index (κ3) is 7.67. The van der Waals surface area contributed by atoms with Gasteiger partial charge in [0.2, 0.25) is 0 Å². The van der Waals surface area contributed by atoms with E-state index >= 15 is 0 Å². The van der Waals surface area contributed by atoms with Gasteiger partial charge in [0.15, 0.2) is 0 Å². The summed E-state index contributed by atoms with van der Waals surface area (Å²) in [5, 5.41) is 0. The molecule has 0 radical (unpaired) electrons. The number of nitrogens with zero attached hydrogens (tertiary/aromatic N) is 1. The van der Waals surface area contributed by atoms with Crippen LogP contribution in [0.3, 0.4) is 0 Å². The molecule has 0 spiro atoms. The molecule has 1 fully saturated rings. The van der Waals surface area contributed by atoms with Crippen LogP contribution in [0.5, 0.6) is 0 Å². The Hall–Kier alpha value is -0.0400. The second-order valence-corrected chi connectivity index (χ2v) is 7.09. The van der Waals surface area contributed by atoms with E-state index < -0.39 is 0 Å². The van der Waals surface area contributed by atoms with Crippen molar-refractivity contribution in [2.24, 2.45) is 5.92 Å². The summed E-state index contributed by atoms with van der Waals surface area (Å²) in [5.41, 5.74) is 0. The number of piperidine rings is 1. The van der Waals surface area contributed by atoms with Crippen LogP contribution in [-0.4, -0.2) is 24.0 Å². The minimum Gasteiger partial charge on any atom is -0.300 e. The molecule has 2 unspecified atom stereocenters. The van der Waals surface area contributed by atoms with Crippen LogP contribution < -0.4 is 0 Å². The predicted octanol–water partition coefficient (Wildman–Crippen LogP) is 6.03. The van der Waals surface area contributed by atoms with Crippen LogP contribution in [0.2, 0.25) is 0 Å². The highest BCUT2D eigenvalue weighted by Gasteiger charge is 2.23. The van der Waals surface area contributed by atoms with E-state index in [1.54, 1.807) is 0 Å². The van der Waals surface area contributed by atoms with Crippen LogP contribution in [0.15, 0.2) is 0 Å². The van der Waals surface area contributed by atoms with Crippen LogP contribution in [0.25, 0.3) is 0 Å². The first kappa shape index (κ1) is 18.0. The maximum atomic E-state index is 2.84. The second kappa shape index (κ2) is 11.6. The van der Waals surface area contributed by atoms with Crippen molar-refractivity contribution < 1.29 is 0 Å². The predicted molar refractivity (Wildman–Crippen MR) is 91.3 cm³/mol. The first-order valence-corrected chi connectivity index (χ1v) is 9.52. The average molecular weight is 282 g/mol. The summed E-state index contributed by atoms with van der Waals surface area (Å²) < 4.78 is 0. The lowest BCUT2D eigenvalue weighted by Crippen LogP contribution is -2.42. The van der Waals surface area contributed by atoms with E-state index in [1.807, 2.05) is 0 Å². The van der Waals surface area contributed by atoms with Crippen molar-refractivity contribution in [3.8, 4) is 0 Å². The lowest BCUT2D eigenvalue weighted by atomic mass is 9.94. The van der Waals surface area contributed by atoms with Crippen LogP contribution in [0.4, 0.5) is 0 Å². The van der Waals surface area contributed by atoms with Gasteiger partial charge in [-0.3, -0.25) is 0 Å². The lowest BCUT2D eigenvalue weighted by Gasteiger charge is -2.37. The van der Waals surface area contributed by atoms with Gasteiger partial charge in [0.25, 0.3) is 0 Å². The largest absolute Gasteiger partial charge is 0.300 e. The van der Waals surface area contributed by atoms with E-state index in [0.29, 0.717) is 0 Å². The maximum Gasteiger partial charge on any atom is 0.00953 e. The van der Waals surface area contributed by atoms with Crippen molar-refractivity contribution in [3.05, 3.63) is 0 Å². The molecule has 120 valence electrons. The number of unbranched alkanes of at least 4 members (excludes halogenated alkanes) is 6. The minimum atomic E-state index is 0.894. The van der Waals surface area contributed by atoms with E-state index in [2.05, 4.69) is 25.7 Å². The molecular formula is C19H39N. The summed E-state index contributed by atoms with van der Waals surface area (Å²) in [6, 6.07) is 0.894. The summed E-state index contributed by atoms with van der Waals surface area (Å²) in [6.45, 7) is 9.81. The summed E-state index contributed by atoms with van der Waals surface area (Å²) in [6.07, 6.45) is 17.2. The normalized spacial score (nSPS) is 22.1. The molecule has 1 nitrogen and oxygen atoms in total. The van der Waals surface area contributed by atoms with Crippen molar-refractivity contribution in [2.45, 2.75) is 104 Å². The van der Waals surface area contributed by atoms with Crippen molar-refractivity contribution >= 4 is 0 Å². The van der Waals surface area contributed by atoms with Gasteiger partial charge in [0.1, 0.15) is 0 Å². The lowest BCUT2D eigenvalue weighted by molar-refractivity contribution is 0.113. The van der Waals surface area contributed by atoms with Crippen LogP contribution >= 0.6 is 0 Å². The van der Waals surface area contributed by atoms with Gasteiger partial charge in [-0.05, 0) is 38.1 Å². The van der Waals surface area contributed by atoms with E-state index in [4.69, 9.17) is 0 Å². The zero-order chi connectivity index (χ0) is 14.6. The van der Waals surface area contributed by atoms with Crippen molar-refractivity contribution in [2.75, 3.05) is 13.1 Å². The van der Waals surface area contributed by atoms with Gasteiger partial charge < -0.3 is 4.90 Å². The van der Waals surface area contributed by atoms with Gasteiger partial charge in [-0.2, -0.15) is 0 Å². The number of rotatable bonds is 11. The fourth-order valence-corrected chi connectivity index (χ4v) is 3.68. The topological polar surface area (TPSA) is 3.24 Å². The molecule has 0 aromatic heterocycles. The molecule has 0 N–H and O–H groups in total. The Labute approximate surface area is 128 Å². The molecule has 1 rings (SSSR count). The van der Waals surface area contributed by atoms with Gasteiger partial charge in [-0.1, -0.05) is 72.1 Å². The summed E-state index contributed by atoms with van der Waals surface area (Å²) in [4.78, 5) is 2.84. The molecule has 0 aromatic rings. The van der Waals surface area contributed by atoms with Crippen molar-refractivity contribution in [1.29, 1.82) is 0 Å². The van der Waals surface area contributed by atoms with E-state index in [1.165, 1.54) is 90.1 Å². The standard InChI is InChI=1S/C19H39N/c1-4-6-8-9-11-15-19(14-10-7-5-2)20-16-12-13-18(3)17-20/h18-19H,4-17H2,1-3H3. The van der Waals surface area contributed by atoms with E-state index in [0.717, 1.165) is 12.0 Å². The van der Waals surface area contributed by atoms with Crippen LogP contribution in [0.1, 0.15) is 97.8 Å². The Kier molecular flexibility index (Phi) is 10.4. The quantitative estimate of drug-likeness (QED) is 0.418. The number of likely N-dealkylation sites (tertiary alicyclic amines) is 1. The Morgan fingerprint density at radius 2 is 1.50 bits per heavy atom. The zero-order valence-electron chi connectivity index (χ0n) is 14.5. The molecule has 0 amide bonds. The second-order valence-electron chi connectivity index (χ2n) is 7.09. The molecule has 2 atom stereocenters. The van der Waals surface area contributed by atoms with Crippen molar-refractivity contribution in [1.82, 2.24) is 4.90 Å². The number of hydrogen-bond acceptors (Lipinski definition) is 1. The maximum absolute atomic E-state index is 2.84. The smallest absolute Gasteiger partial charge is 0.00953 e. The van der Waals surface area contributed by atoms with Crippen molar-refractivity contribution in [3.63, 3.8) is 0 Å². The monoisotopic (exact) mass is 281 g/mol. The molecular weight excluding hydrogens is 242 g/mol. The first-order valence-electron chi connectivity index (χ1n) is 9.52.